The molecule has 0 aliphatic carbocycles. The van der Waals surface area contributed by atoms with E-state index in [4.69, 9.17) is 5.11 Å². The van der Waals surface area contributed by atoms with Crippen molar-refractivity contribution in [3.05, 3.63) is 37.0 Å². The van der Waals surface area contributed by atoms with Gasteiger partial charge in [-0.25, -0.2) is 0 Å². The largest absolute Gasteiger partial charge is 0.381 e. The van der Waals surface area contributed by atoms with Gasteiger partial charge in [0.05, 0.1) is 6.73 Å². The summed E-state index contributed by atoms with van der Waals surface area (Å²) in [6.07, 6.45) is 13.6. The minimum Gasteiger partial charge on any atom is -0.381 e. The normalized spacial score (nSPS) is 20.3. The molecular weight excluding hydrogens is 186 g/mol. The third-order valence-corrected chi connectivity index (χ3v) is 2.87. The van der Waals surface area contributed by atoms with Gasteiger partial charge in [-0.1, -0.05) is 37.0 Å². The van der Waals surface area contributed by atoms with Crippen LogP contribution in [0.1, 0.15) is 19.3 Å². The van der Waals surface area contributed by atoms with Gasteiger partial charge in [-0.15, -0.1) is 0 Å². The van der Waals surface area contributed by atoms with Crippen molar-refractivity contribution in [3.8, 4) is 0 Å². The first-order chi connectivity index (χ1) is 7.36. The number of likely N-dealkylation sites (tertiary alicyclic amines) is 1. The Morgan fingerprint density at radius 3 is 2.53 bits per heavy atom. The number of rotatable bonds is 5. The molecule has 1 aliphatic rings. The molecule has 1 rings (SSSR count). The monoisotopic (exact) mass is 207 g/mol. The Labute approximate surface area is 92.6 Å². The molecule has 0 radical (unpaired) electrons. The highest BCUT2D eigenvalue weighted by molar-refractivity contribution is 5.08. The van der Waals surface area contributed by atoms with Crippen LogP contribution in [0.4, 0.5) is 0 Å². The molecule has 0 aromatic rings. The Balaban J connectivity index is 2.15. The van der Waals surface area contributed by atoms with Crippen molar-refractivity contribution in [1.82, 2.24) is 4.90 Å². The highest BCUT2D eigenvalue weighted by atomic mass is 16.3. The molecule has 0 saturated carbocycles. The Morgan fingerprint density at radius 2 is 1.93 bits per heavy atom. The molecule has 0 aromatic heterocycles. The van der Waals surface area contributed by atoms with E-state index in [0.717, 1.165) is 25.4 Å². The van der Waals surface area contributed by atoms with Gasteiger partial charge in [-0.05, 0) is 25.2 Å². The van der Waals surface area contributed by atoms with E-state index >= 15 is 0 Å². The molecule has 2 heteroatoms. The number of hydrogen-bond acceptors (Lipinski definition) is 2. The van der Waals surface area contributed by atoms with Gasteiger partial charge >= 0.3 is 0 Å². The van der Waals surface area contributed by atoms with Gasteiger partial charge in [0.25, 0.3) is 0 Å². The number of hydrogen-bond donors (Lipinski definition) is 1. The van der Waals surface area contributed by atoms with Gasteiger partial charge in [-0.2, -0.15) is 0 Å². The maximum Gasteiger partial charge on any atom is 0.0956 e. The Hall–Kier alpha value is -0.860. The standard InChI is InChI=1S/C13H21NO/c1-2-3-4-5-6-7-13-8-10-14(12-15)11-9-13/h2-6,13,15H,1,7-12H2/b4-3-,6-5+. The number of aliphatic hydroxyl groups excluding tert-OH is 1. The maximum atomic E-state index is 8.94. The maximum absolute atomic E-state index is 8.94. The summed E-state index contributed by atoms with van der Waals surface area (Å²) in [4.78, 5) is 2.10. The van der Waals surface area contributed by atoms with Gasteiger partial charge in [0.2, 0.25) is 0 Å². The molecule has 1 fully saturated rings. The Kier molecular flexibility index (Phi) is 6.05. The predicted molar refractivity (Wildman–Crippen MR) is 64.5 cm³/mol. The lowest BCUT2D eigenvalue weighted by Gasteiger charge is -2.29. The van der Waals surface area contributed by atoms with Crippen molar-refractivity contribution < 1.29 is 5.11 Å². The second kappa shape index (κ2) is 7.43. The molecule has 0 spiro atoms. The van der Waals surface area contributed by atoms with E-state index in [1.165, 1.54) is 12.8 Å². The third-order valence-electron chi connectivity index (χ3n) is 2.87. The van der Waals surface area contributed by atoms with Crippen molar-refractivity contribution in [3.63, 3.8) is 0 Å². The quantitative estimate of drug-likeness (QED) is 0.699. The van der Waals surface area contributed by atoms with Crippen molar-refractivity contribution in [1.29, 1.82) is 0 Å². The molecule has 0 bridgehead atoms. The summed E-state index contributed by atoms with van der Waals surface area (Å²) in [6.45, 7) is 5.91. The van der Waals surface area contributed by atoms with E-state index in [9.17, 15) is 0 Å². The van der Waals surface area contributed by atoms with Crippen molar-refractivity contribution in [2.75, 3.05) is 19.8 Å². The molecule has 0 amide bonds. The fraction of sp³-hybridized carbons (Fsp3) is 0.538. The molecule has 15 heavy (non-hydrogen) atoms. The molecule has 0 unspecified atom stereocenters. The Morgan fingerprint density at radius 1 is 1.20 bits per heavy atom. The van der Waals surface area contributed by atoms with Crippen molar-refractivity contribution >= 4 is 0 Å². The first-order valence-electron chi connectivity index (χ1n) is 5.64. The number of piperidine rings is 1. The smallest absolute Gasteiger partial charge is 0.0956 e. The molecular formula is C13H21NO. The lowest BCUT2D eigenvalue weighted by molar-refractivity contribution is 0.0737. The van der Waals surface area contributed by atoms with E-state index in [-0.39, 0.29) is 6.73 Å². The van der Waals surface area contributed by atoms with Gasteiger partial charge in [0.1, 0.15) is 0 Å². The summed E-state index contributed by atoms with van der Waals surface area (Å²) in [5, 5.41) is 8.94. The van der Waals surface area contributed by atoms with E-state index in [0.29, 0.717) is 0 Å². The minimum absolute atomic E-state index is 0.213. The highest BCUT2D eigenvalue weighted by Crippen LogP contribution is 2.20. The zero-order chi connectivity index (χ0) is 10.9. The van der Waals surface area contributed by atoms with Crippen LogP contribution in [-0.4, -0.2) is 29.8 Å². The van der Waals surface area contributed by atoms with Crippen LogP contribution in [0.3, 0.4) is 0 Å². The molecule has 0 atom stereocenters. The minimum atomic E-state index is 0.213. The summed E-state index contributed by atoms with van der Waals surface area (Å²) in [5.74, 6) is 0.793. The van der Waals surface area contributed by atoms with E-state index in [1.54, 1.807) is 6.08 Å². The van der Waals surface area contributed by atoms with Crippen molar-refractivity contribution in [2.24, 2.45) is 5.92 Å². The van der Waals surface area contributed by atoms with Gasteiger partial charge in [0.15, 0.2) is 0 Å². The second-order valence-corrected chi connectivity index (χ2v) is 3.99. The summed E-state index contributed by atoms with van der Waals surface area (Å²) in [5.41, 5.74) is 0. The van der Waals surface area contributed by atoms with Gasteiger partial charge < -0.3 is 5.11 Å². The molecule has 84 valence electrons. The fourth-order valence-corrected chi connectivity index (χ4v) is 1.86. The molecule has 1 aliphatic heterocycles. The zero-order valence-electron chi connectivity index (χ0n) is 9.31. The Bertz CT molecular complexity index is 225. The molecule has 0 aromatic carbocycles. The van der Waals surface area contributed by atoms with Crippen LogP contribution < -0.4 is 0 Å². The van der Waals surface area contributed by atoms with Crippen LogP contribution in [0, 0.1) is 5.92 Å². The van der Waals surface area contributed by atoms with Crippen LogP contribution in [-0.2, 0) is 0 Å². The topological polar surface area (TPSA) is 23.5 Å². The number of nitrogens with zero attached hydrogens (tertiary/aromatic N) is 1. The van der Waals surface area contributed by atoms with Crippen LogP contribution >= 0.6 is 0 Å². The molecule has 1 N–H and O–H groups in total. The van der Waals surface area contributed by atoms with E-state index < -0.39 is 0 Å². The first kappa shape index (κ1) is 12.2. The summed E-state index contributed by atoms with van der Waals surface area (Å²) >= 11 is 0. The van der Waals surface area contributed by atoms with E-state index in [1.807, 2.05) is 12.2 Å². The van der Waals surface area contributed by atoms with Crippen LogP contribution in [0.25, 0.3) is 0 Å². The number of aliphatic hydroxyl groups is 1. The predicted octanol–water partition coefficient (Wildman–Crippen LogP) is 2.34. The summed E-state index contributed by atoms with van der Waals surface area (Å²) in [7, 11) is 0. The third kappa shape index (κ3) is 4.96. The molecule has 1 heterocycles. The lowest BCUT2D eigenvalue weighted by Crippen LogP contribution is -2.34. The van der Waals surface area contributed by atoms with Crippen LogP contribution in [0.15, 0.2) is 37.0 Å². The second-order valence-electron chi connectivity index (χ2n) is 3.99. The lowest BCUT2D eigenvalue weighted by atomic mass is 9.94. The SMILES string of the molecule is C=C/C=C\C=C\CC1CCN(CO)CC1. The van der Waals surface area contributed by atoms with Crippen molar-refractivity contribution in [2.45, 2.75) is 19.3 Å². The zero-order valence-corrected chi connectivity index (χ0v) is 9.31. The van der Waals surface area contributed by atoms with Crippen LogP contribution in [0.5, 0.6) is 0 Å². The molecule has 2 nitrogen and oxygen atoms in total. The summed E-state index contributed by atoms with van der Waals surface area (Å²) < 4.78 is 0. The van der Waals surface area contributed by atoms with Gasteiger partial charge in [0, 0.05) is 13.1 Å². The fourth-order valence-electron chi connectivity index (χ4n) is 1.86. The van der Waals surface area contributed by atoms with Crippen LogP contribution in [0.2, 0.25) is 0 Å². The van der Waals surface area contributed by atoms with E-state index in [2.05, 4.69) is 23.6 Å². The average molecular weight is 207 g/mol. The number of allylic oxidation sites excluding steroid dienone is 5. The molecule has 1 saturated heterocycles. The average Bonchev–Trinajstić information content (AvgIpc) is 2.30. The highest BCUT2D eigenvalue weighted by Gasteiger charge is 2.16. The first-order valence-corrected chi connectivity index (χ1v) is 5.64. The van der Waals surface area contributed by atoms with Gasteiger partial charge in [-0.3, -0.25) is 4.90 Å². The summed E-state index contributed by atoms with van der Waals surface area (Å²) in [6, 6.07) is 0.